The highest BCUT2D eigenvalue weighted by atomic mass is 16.5. The lowest BCUT2D eigenvalue weighted by molar-refractivity contribution is -0.144. The molecule has 0 spiro atoms. The molecule has 0 aromatic heterocycles. The Kier molecular flexibility index (Phi) is 5.79. The van der Waals surface area contributed by atoms with Gasteiger partial charge in [0.1, 0.15) is 6.10 Å². The van der Waals surface area contributed by atoms with E-state index in [0.29, 0.717) is 11.5 Å². The van der Waals surface area contributed by atoms with Crippen molar-refractivity contribution >= 4 is 12.0 Å². The van der Waals surface area contributed by atoms with Crippen LogP contribution < -0.4 is 0 Å². The van der Waals surface area contributed by atoms with Crippen molar-refractivity contribution in [3.63, 3.8) is 0 Å². The van der Waals surface area contributed by atoms with Gasteiger partial charge in [0.05, 0.1) is 0 Å². The van der Waals surface area contributed by atoms with Crippen molar-refractivity contribution in [1.82, 2.24) is 0 Å². The first-order valence-electron chi connectivity index (χ1n) is 7.76. The molecule has 0 radical (unpaired) electrons. The van der Waals surface area contributed by atoms with Crippen LogP contribution in [0.4, 0.5) is 0 Å². The van der Waals surface area contributed by atoms with E-state index < -0.39 is 0 Å². The van der Waals surface area contributed by atoms with Gasteiger partial charge in [0.2, 0.25) is 0 Å². The normalized spacial score (nSPS) is 17.6. The van der Waals surface area contributed by atoms with Gasteiger partial charge in [-0.3, -0.25) is 0 Å². The minimum Gasteiger partial charge on any atom is -0.454 e. The number of ether oxygens (including phenoxy) is 1. The minimum atomic E-state index is -0.289. The molecule has 0 saturated heterocycles. The number of carbonyl (C=O) groups excluding carboxylic acids is 1. The van der Waals surface area contributed by atoms with Gasteiger partial charge in [-0.2, -0.15) is 0 Å². The molecule has 0 heterocycles. The van der Waals surface area contributed by atoms with Gasteiger partial charge in [-0.1, -0.05) is 62.2 Å². The zero-order chi connectivity index (χ0) is 15.1. The highest BCUT2D eigenvalue weighted by Gasteiger charge is 2.25. The Hall–Kier alpha value is -1.83. The molecule has 1 aromatic rings. The molecule has 1 aromatic carbocycles. The fraction of sp³-hybridized carbons (Fsp3) is 0.421. The summed E-state index contributed by atoms with van der Waals surface area (Å²) in [7, 11) is 0. The van der Waals surface area contributed by atoms with E-state index >= 15 is 0 Å². The maximum absolute atomic E-state index is 11.9. The molecule has 1 atom stereocenters. The highest BCUT2D eigenvalue weighted by molar-refractivity contribution is 5.87. The quantitative estimate of drug-likeness (QED) is 0.575. The van der Waals surface area contributed by atoms with Crippen LogP contribution >= 0.6 is 0 Å². The Balaban J connectivity index is 2.08. The molecule has 0 N–H and O–H groups in total. The molecule has 112 valence electrons. The monoisotopic (exact) mass is 284 g/mol. The van der Waals surface area contributed by atoms with Gasteiger partial charge in [-0.15, -0.1) is 0 Å². The van der Waals surface area contributed by atoms with Crippen molar-refractivity contribution in [3.8, 4) is 0 Å². The average molecular weight is 284 g/mol. The van der Waals surface area contributed by atoms with Crippen molar-refractivity contribution < 1.29 is 9.53 Å². The summed E-state index contributed by atoms with van der Waals surface area (Å²) in [5, 5.41) is 0. The van der Waals surface area contributed by atoms with Crippen molar-refractivity contribution in [2.45, 2.75) is 45.1 Å². The Labute approximate surface area is 127 Å². The molecular formula is C19H24O2. The van der Waals surface area contributed by atoms with Crippen LogP contribution in [0.5, 0.6) is 0 Å². The van der Waals surface area contributed by atoms with Crippen LogP contribution in [-0.2, 0) is 9.53 Å². The van der Waals surface area contributed by atoms with E-state index in [1.807, 2.05) is 30.4 Å². The van der Waals surface area contributed by atoms with Crippen molar-refractivity contribution in [2.75, 3.05) is 0 Å². The second-order valence-electron chi connectivity index (χ2n) is 5.82. The maximum Gasteiger partial charge on any atom is 0.333 e. The number of benzene rings is 1. The molecule has 2 heteroatoms. The van der Waals surface area contributed by atoms with Gasteiger partial charge < -0.3 is 4.74 Å². The predicted molar refractivity (Wildman–Crippen MR) is 86.7 cm³/mol. The van der Waals surface area contributed by atoms with Crippen molar-refractivity contribution in [2.24, 2.45) is 5.92 Å². The molecule has 2 nitrogen and oxygen atoms in total. The van der Waals surface area contributed by atoms with E-state index in [0.717, 1.165) is 18.4 Å². The van der Waals surface area contributed by atoms with E-state index in [-0.39, 0.29) is 12.1 Å². The zero-order valence-corrected chi connectivity index (χ0v) is 12.8. The Bertz CT molecular complexity index is 496. The second kappa shape index (κ2) is 7.82. The van der Waals surface area contributed by atoms with Crippen LogP contribution in [0.25, 0.3) is 6.08 Å². The molecule has 0 bridgehead atoms. The Morgan fingerprint density at radius 2 is 1.90 bits per heavy atom. The molecule has 1 saturated carbocycles. The summed E-state index contributed by atoms with van der Waals surface area (Å²) >= 11 is 0. The minimum absolute atomic E-state index is 0.144. The molecule has 1 fully saturated rings. The third-order valence-corrected chi connectivity index (χ3v) is 3.98. The van der Waals surface area contributed by atoms with Gasteiger partial charge in [0.25, 0.3) is 0 Å². The molecule has 0 aliphatic heterocycles. The Morgan fingerprint density at radius 3 is 2.52 bits per heavy atom. The van der Waals surface area contributed by atoms with E-state index in [4.69, 9.17) is 4.74 Å². The lowest BCUT2D eigenvalue weighted by atomic mass is 9.85. The van der Waals surface area contributed by atoms with Crippen LogP contribution in [0.1, 0.15) is 44.6 Å². The highest BCUT2D eigenvalue weighted by Crippen LogP contribution is 2.29. The zero-order valence-electron chi connectivity index (χ0n) is 12.8. The molecule has 1 aliphatic carbocycles. The summed E-state index contributed by atoms with van der Waals surface area (Å²) in [5.41, 5.74) is 1.59. The van der Waals surface area contributed by atoms with E-state index in [1.165, 1.54) is 19.3 Å². The second-order valence-corrected chi connectivity index (χ2v) is 5.82. The standard InChI is InChI=1S/C19H24O2/c1-15(2)19(20)21-18(17-11-7-4-8-12-17)14-13-16-9-5-3-6-10-16/h3,5-6,9-10,13-14,17-18H,1,4,7-8,11-12H2,2H3/b14-13+. The largest absolute Gasteiger partial charge is 0.454 e. The number of hydrogen-bond acceptors (Lipinski definition) is 2. The summed E-state index contributed by atoms with van der Waals surface area (Å²) in [5.74, 6) is 0.144. The van der Waals surface area contributed by atoms with Crippen LogP contribution in [-0.4, -0.2) is 12.1 Å². The van der Waals surface area contributed by atoms with Crippen LogP contribution in [0.15, 0.2) is 48.6 Å². The maximum atomic E-state index is 11.9. The van der Waals surface area contributed by atoms with Gasteiger partial charge in [-0.05, 0) is 37.3 Å². The van der Waals surface area contributed by atoms with Gasteiger partial charge >= 0.3 is 5.97 Å². The fourth-order valence-corrected chi connectivity index (χ4v) is 2.75. The molecule has 1 unspecified atom stereocenters. The summed E-state index contributed by atoms with van der Waals surface area (Å²) in [4.78, 5) is 11.9. The summed E-state index contributed by atoms with van der Waals surface area (Å²) in [6, 6.07) is 10.1. The van der Waals surface area contributed by atoms with Crippen LogP contribution in [0, 0.1) is 5.92 Å². The third-order valence-electron chi connectivity index (χ3n) is 3.98. The molecular weight excluding hydrogens is 260 g/mol. The molecule has 0 amide bonds. The molecule has 21 heavy (non-hydrogen) atoms. The van der Waals surface area contributed by atoms with Gasteiger partial charge in [-0.25, -0.2) is 4.79 Å². The lowest BCUT2D eigenvalue weighted by Gasteiger charge is -2.28. The Morgan fingerprint density at radius 1 is 1.24 bits per heavy atom. The number of carbonyl (C=O) groups is 1. The van der Waals surface area contributed by atoms with Gasteiger partial charge in [0.15, 0.2) is 0 Å². The van der Waals surface area contributed by atoms with E-state index in [9.17, 15) is 4.79 Å². The van der Waals surface area contributed by atoms with Crippen molar-refractivity contribution in [3.05, 3.63) is 54.1 Å². The average Bonchev–Trinajstić information content (AvgIpc) is 2.53. The lowest BCUT2D eigenvalue weighted by Crippen LogP contribution is -2.27. The first-order chi connectivity index (χ1) is 10.2. The first kappa shape index (κ1) is 15.6. The SMILES string of the molecule is C=C(C)C(=O)OC(/C=C/c1ccccc1)C1CCCCC1. The summed E-state index contributed by atoms with van der Waals surface area (Å²) < 4.78 is 5.65. The van der Waals surface area contributed by atoms with Crippen molar-refractivity contribution in [1.29, 1.82) is 0 Å². The van der Waals surface area contributed by atoms with Gasteiger partial charge in [0, 0.05) is 5.57 Å². The molecule has 1 aliphatic rings. The molecule has 2 rings (SSSR count). The summed E-state index contributed by atoms with van der Waals surface area (Å²) in [6.07, 6.45) is 9.95. The number of hydrogen-bond donors (Lipinski definition) is 0. The topological polar surface area (TPSA) is 26.3 Å². The van der Waals surface area contributed by atoms with E-state index in [2.05, 4.69) is 18.7 Å². The first-order valence-corrected chi connectivity index (χ1v) is 7.76. The summed E-state index contributed by atoms with van der Waals surface area (Å²) in [6.45, 7) is 5.37. The third kappa shape index (κ3) is 4.89. The van der Waals surface area contributed by atoms with Crippen LogP contribution in [0.2, 0.25) is 0 Å². The smallest absolute Gasteiger partial charge is 0.333 e. The van der Waals surface area contributed by atoms with E-state index in [1.54, 1.807) is 6.92 Å². The predicted octanol–water partition coefficient (Wildman–Crippen LogP) is 4.77. The number of rotatable bonds is 5. The fourth-order valence-electron chi connectivity index (χ4n) is 2.75. The van der Waals surface area contributed by atoms with Crippen LogP contribution in [0.3, 0.4) is 0 Å². The number of esters is 1.